The second-order valence-corrected chi connectivity index (χ2v) is 4.00. The van der Waals surface area contributed by atoms with E-state index < -0.39 is 0 Å². The van der Waals surface area contributed by atoms with Gasteiger partial charge in [0.25, 0.3) is 5.95 Å². The minimum Gasteiger partial charge on any atom is -0.365 e. The molecule has 0 saturated carbocycles. The van der Waals surface area contributed by atoms with E-state index in [1.54, 1.807) is 0 Å². The Bertz CT molecular complexity index is 260. The van der Waals surface area contributed by atoms with Crippen LogP contribution in [0.4, 0.5) is 5.95 Å². The maximum Gasteiger partial charge on any atom is 0.260 e. The Morgan fingerprint density at radius 2 is 1.69 bits per heavy atom. The number of aromatic nitrogens is 2. The van der Waals surface area contributed by atoms with Gasteiger partial charge in [-0.15, -0.1) is 0 Å². The number of anilines is 1. The molecule has 74 valence electrons. The van der Waals surface area contributed by atoms with Gasteiger partial charge >= 0.3 is 0 Å². The predicted molar refractivity (Wildman–Crippen MR) is 51.1 cm³/mol. The largest absolute Gasteiger partial charge is 0.365 e. The number of hydrogen-bond donors (Lipinski definition) is 1. The summed E-state index contributed by atoms with van der Waals surface area (Å²) in [6.07, 6.45) is 0. The molecule has 2 N–H and O–H groups in total. The van der Waals surface area contributed by atoms with Crippen LogP contribution < -0.4 is 5.73 Å². The third kappa shape index (κ3) is 2.20. The molecule has 0 aliphatic rings. The summed E-state index contributed by atoms with van der Waals surface area (Å²) in [6, 6.07) is 0. The lowest BCUT2D eigenvalue weighted by molar-refractivity contribution is 0.278. The fourth-order valence-electron chi connectivity index (χ4n) is 1.72. The lowest BCUT2D eigenvalue weighted by Crippen LogP contribution is -2.13. The second kappa shape index (κ2) is 3.77. The average Bonchev–Trinajstić information content (AvgIpc) is 2.34. The van der Waals surface area contributed by atoms with Gasteiger partial charge < -0.3 is 10.3 Å². The van der Waals surface area contributed by atoms with Crippen molar-refractivity contribution >= 4 is 5.95 Å². The van der Waals surface area contributed by atoms with Gasteiger partial charge in [-0.3, -0.25) is 0 Å². The van der Waals surface area contributed by atoms with Crippen molar-refractivity contribution in [1.29, 1.82) is 0 Å². The summed E-state index contributed by atoms with van der Waals surface area (Å²) in [7, 11) is 0. The Balaban J connectivity index is 2.88. The van der Waals surface area contributed by atoms with Gasteiger partial charge in [0.15, 0.2) is 0 Å². The first-order chi connectivity index (χ1) is 6.02. The quantitative estimate of drug-likeness (QED) is 0.778. The first kappa shape index (κ1) is 10.0. The number of nitrogens with two attached hydrogens (primary N) is 1. The van der Waals surface area contributed by atoms with Crippen LogP contribution in [0.2, 0.25) is 0 Å². The Hall–Kier alpha value is -1.06. The zero-order chi connectivity index (χ0) is 10.0. The number of nitrogens with zero attached hydrogens (tertiary/aromatic N) is 2. The number of nitrogen functional groups attached to an aromatic ring is 1. The van der Waals surface area contributed by atoms with Gasteiger partial charge in [0.1, 0.15) is 0 Å². The highest BCUT2D eigenvalue weighted by atomic mass is 16.5. The highest BCUT2D eigenvalue weighted by Gasteiger charge is 2.25. The van der Waals surface area contributed by atoms with Crippen LogP contribution in [0.3, 0.4) is 0 Å². The predicted octanol–water partition coefficient (Wildman–Crippen LogP) is 2.05. The molecule has 0 atom stereocenters. The molecule has 1 aromatic heterocycles. The van der Waals surface area contributed by atoms with Crippen LogP contribution >= 0.6 is 0 Å². The fourth-order valence-corrected chi connectivity index (χ4v) is 1.72. The van der Waals surface area contributed by atoms with Crippen LogP contribution in [0.5, 0.6) is 0 Å². The zero-order valence-corrected chi connectivity index (χ0v) is 8.61. The summed E-state index contributed by atoms with van der Waals surface area (Å²) in [6.45, 7) is 8.58. The molecule has 0 aromatic carbocycles. The van der Waals surface area contributed by atoms with Gasteiger partial charge in [-0.05, 0) is 17.0 Å². The maximum absolute atomic E-state index is 5.40. The number of rotatable bonds is 3. The van der Waals surface area contributed by atoms with Crippen molar-refractivity contribution in [2.24, 2.45) is 11.8 Å². The minimum atomic E-state index is 0.223. The zero-order valence-electron chi connectivity index (χ0n) is 8.61. The summed E-state index contributed by atoms with van der Waals surface area (Å²) in [5.74, 6) is 2.15. The molecule has 0 aliphatic heterocycles. The fraction of sp³-hybridized carbons (Fsp3) is 0.778. The van der Waals surface area contributed by atoms with Crippen molar-refractivity contribution in [3.05, 3.63) is 5.89 Å². The smallest absolute Gasteiger partial charge is 0.260 e. The van der Waals surface area contributed by atoms with E-state index >= 15 is 0 Å². The standard InChI is InChI=1S/C9H17N3O/c1-5(2)7(6(3)4)8-11-9(10)12-13-8/h5-7H,1-4H3,(H2,10,12). The average molecular weight is 183 g/mol. The van der Waals surface area contributed by atoms with Crippen LogP contribution in [0, 0.1) is 11.8 Å². The number of hydrogen-bond acceptors (Lipinski definition) is 4. The SMILES string of the molecule is CC(C)C(c1nc(N)no1)C(C)C. The van der Waals surface area contributed by atoms with Crippen molar-refractivity contribution in [3.8, 4) is 0 Å². The summed E-state index contributed by atoms with van der Waals surface area (Å²) in [4.78, 5) is 4.05. The van der Waals surface area contributed by atoms with E-state index in [0.717, 1.165) is 0 Å². The molecular weight excluding hydrogens is 166 g/mol. The van der Waals surface area contributed by atoms with Gasteiger partial charge in [-0.2, -0.15) is 4.98 Å². The molecule has 0 aliphatic carbocycles. The molecular formula is C9H17N3O. The van der Waals surface area contributed by atoms with Crippen molar-refractivity contribution in [1.82, 2.24) is 10.1 Å². The second-order valence-electron chi connectivity index (χ2n) is 4.00. The van der Waals surface area contributed by atoms with Gasteiger partial charge in [-0.25, -0.2) is 0 Å². The third-order valence-electron chi connectivity index (χ3n) is 2.18. The molecule has 1 heterocycles. The lowest BCUT2D eigenvalue weighted by atomic mass is 9.85. The Kier molecular flexibility index (Phi) is 2.90. The van der Waals surface area contributed by atoms with Crippen LogP contribution in [0.15, 0.2) is 4.52 Å². The minimum absolute atomic E-state index is 0.223. The Morgan fingerprint density at radius 1 is 1.15 bits per heavy atom. The van der Waals surface area contributed by atoms with Crippen molar-refractivity contribution < 1.29 is 4.52 Å². The van der Waals surface area contributed by atoms with Gasteiger partial charge in [0.2, 0.25) is 5.89 Å². The molecule has 4 heteroatoms. The van der Waals surface area contributed by atoms with E-state index in [4.69, 9.17) is 10.3 Å². The lowest BCUT2D eigenvalue weighted by Gasteiger charge is -2.20. The normalized spacial score (nSPS) is 11.9. The maximum atomic E-state index is 5.40. The van der Waals surface area contributed by atoms with Crippen molar-refractivity contribution in [3.63, 3.8) is 0 Å². The van der Waals surface area contributed by atoms with Crippen molar-refractivity contribution in [2.75, 3.05) is 5.73 Å². The van der Waals surface area contributed by atoms with Gasteiger partial charge in [0.05, 0.1) is 0 Å². The molecule has 0 bridgehead atoms. The van der Waals surface area contributed by atoms with Crippen LogP contribution in [0.25, 0.3) is 0 Å². The summed E-state index contributed by atoms with van der Waals surface area (Å²) < 4.78 is 5.06. The first-order valence-electron chi connectivity index (χ1n) is 4.61. The van der Waals surface area contributed by atoms with Gasteiger partial charge in [-0.1, -0.05) is 27.7 Å². The first-order valence-corrected chi connectivity index (χ1v) is 4.61. The van der Waals surface area contributed by atoms with Crippen LogP contribution in [-0.4, -0.2) is 10.1 Å². The molecule has 0 unspecified atom stereocenters. The summed E-state index contributed by atoms with van der Waals surface area (Å²) in [5, 5.41) is 3.59. The molecule has 1 aromatic rings. The molecule has 0 spiro atoms. The third-order valence-corrected chi connectivity index (χ3v) is 2.18. The molecule has 0 radical (unpaired) electrons. The Labute approximate surface area is 78.5 Å². The van der Waals surface area contributed by atoms with Gasteiger partial charge in [0, 0.05) is 5.92 Å². The highest BCUT2D eigenvalue weighted by molar-refractivity contribution is 5.12. The summed E-state index contributed by atoms with van der Waals surface area (Å²) >= 11 is 0. The topological polar surface area (TPSA) is 64.9 Å². The van der Waals surface area contributed by atoms with E-state index in [1.807, 2.05) is 0 Å². The van der Waals surface area contributed by atoms with E-state index in [0.29, 0.717) is 23.6 Å². The molecule has 0 saturated heterocycles. The molecule has 0 fully saturated rings. The monoisotopic (exact) mass is 183 g/mol. The summed E-state index contributed by atoms with van der Waals surface area (Å²) in [5.41, 5.74) is 5.40. The highest BCUT2D eigenvalue weighted by Crippen LogP contribution is 2.30. The van der Waals surface area contributed by atoms with Crippen molar-refractivity contribution in [2.45, 2.75) is 33.6 Å². The Morgan fingerprint density at radius 3 is 2.00 bits per heavy atom. The van der Waals surface area contributed by atoms with E-state index in [1.165, 1.54) is 0 Å². The van der Waals surface area contributed by atoms with Crippen LogP contribution in [-0.2, 0) is 0 Å². The molecule has 1 rings (SSSR count). The van der Waals surface area contributed by atoms with E-state index in [9.17, 15) is 0 Å². The molecule has 0 amide bonds. The molecule has 4 nitrogen and oxygen atoms in total. The van der Waals surface area contributed by atoms with E-state index in [2.05, 4.69) is 37.8 Å². The van der Waals surface area contributed by atoms with Crippen LogP contribution in [0.1, 0.15) is 39.5 Å². The molecule has 13 heavy (non-hydrogen) atoms. The van der Waals surface area contributed by atoms with E-state index in [-0.39, 0.29) is 5.95 Å².